The van der Waals surface area contributed by atoms with Gasteiger partial charge in [-0.25, -0.2) is 4.98 Å². The van der Waals surface area contributed by atoms with Crippen molar-refractivity contribution in [2.75, 3.05) is 0 Å². The van der Waals surface area contributed by atoms with Gasteiger partial charge in [0, 0.05) is 28.1 Å². The highest BCUT2D eigenvalue weighted by atomic mass is 79.9. The minimum atomic E-state index is 0.792. The lowest BCUT2D eigenvalue weighted by Gasteiger charge is -2.11. The summed E-state index contributed by atoms with van der Waals surface area (Å²) in [5.41, 5.74) is 2.33. The van der Waals surface area contributed by atoms with E-state index >= 15 is 0 Å². The Morgan fingerprint density at radius 3 is 2.71 bits per heavy atom. The van der Waals surface area contributed by atoms with Gasteiger partial charge in [-0.15, -0.1) is 11.3 Å². The third kappa shape index (κ3) is 3.26. The van der Waals surface area contributed by atoms with E-state index in [1.165, 1.54) is 15.0 Å². The molecule has 0 fully saturated rings. The Balaban J connectivity index is 1.73. The number of aryl methyl sites for hydroxylation is 1. The minimum absolute atomic E-state index is 0.792. The molecule has 0 aliphatic rings. The SMILES string of the molecule is Cc1ncc(CNCc2sccc2Br)n1-c1ccccc1. The van der Waals surface area contributed by atoms with Crippen LogP contribution in [0.3, 0.4) is 0 Å². The first-order valence-corrected chi connectivity index (χ1v) is 8.44. The van der Waals surface area contributed by atoms with Crippen LogP contribution < -0.4 is 5.32 Å². The fourth-order valence-corrected chi connectivity index (χ4v) is 3.76. The summed E-state index contributed by atoms with van der Waals surface area (Å²) in [7, 11) is 0. The Morgan fingerprint density at radius 2 is 2.00 bits per heavy atom. The number of nitrogens with one attached hydrogen (secondary N) is 1. The predicted molar refractivity (Wildman–Crippen MR) is 90.9 cm³/mol. The Labute approximate surface area is 136 Å². The summed E-state index contributed by atoms with van der Waals surface area (Å²) in [6, 6.07) is 12.4. The third-order valence-electron chi connectivity index (χ3n) is 3.31. The maximum absolute atomic E-state index is 4.44. The molecule has 0 unspecified atom stereocenters. The molecule has 0 saturated carbocycles. The molecule has 0 aliphatic carbocycles. The van der Waals surface area contributed by atoms with Crippen LogP contribution in [0.5, 0.6) is 0 Å². The van der Waals surface area contributed by atoms with Gasteiger partial charge in [-0.3, -0.25) is 4.57 Å². The highest BCUT2D eigenvalue weighted by Crippen LogP contribution is 2.22. The van der Waals surface area contributed by atoms with Crippen LogP contribution >= 0.6 is 27.3 Å². The predicted octanol–water partition coefficient (Wildman–Crippen LogP) is 4.29. The number of hydrogen-bond donors (Lipinski definition) is 1. The molecule has 3 aromatic rings. The van der Waals surface area contributed by atoms with Crippen molar-refractivity contribution in [3.63, 3.8) is 0 Å². The largest absolute Gasteiger partial charge is 0.306 e. The van der Waals surface area contributed by atoms with E-state index in [1.807, 2.05) is 19.2 Å². The quantitative estimate of drug-likeness (QED) is 0.734. The van der Waals surface area contributed by atoms with Gasteiger partial charge in [0.2, 0.25) is 0 Å². The number of halogens is 1. The van der Waals surface area contributed by atoms with E-state index in [0.29, 0.717) is 0 Å². The van der Waals surface area contributed by atoms with Crippen LogP contribution in [0.2, 0.25) is 0 Å². The van der Waals surface area contributed by atoms with E-state index in [4.69, 9.17) is 0 Å². The van der Waals surface area contributed by atoms with E-state index < -0.39 is 0 Å². The number of thiophene rings is 1. The summed E-state index contributed by atoms with van der Waals surface area (Å²) >= 11 is 5.32. The van der Waals surface area contributed by atoms with Crippen LogP contribution in [0.4, 0.5) is 0 Å². The van der Waals surface area contributed by atoms with Crippen LogP contribution in [0.25, 0.3) is 5.69 Å². The molecule has 5 heteroatoms. The van der Waals surface area contributed by atoms with Crippen molar-refractivity contribution in [3.05, 3.63) is 68.8 Å². The molecule has 0 saturated heterocycles. The van der Waals surface area contributed by atoms with Crippen LogP contribution in [0, 0.1) is 6.92 Å². The fraction of sp³-hybridized carbons (Fsp3) is 0.188. The number of nitrogens with zero attached hydrogens (tertiary/aromatic N) is 2. The number of imidazole rings is 1. The smallest absolute Gasteiger partial charge is 0.110 e. The second kappa shape index (κ2) is 6.56. The molecule has 2 aromatic heterocycles. The van der Waals surface area contributed by atoms with Gasteiger partial charge in [0.25, 0.3) is 0 Å². The number of aromatic nitrogens is 2. The summed E-state index contributed by atoms with van der Waals surface area (Å²) in [5.74, 6) is 1.01. The van der Waals surface area contributed by atoms with E-state index in [2.05, 4.69) is 66.5 Å². The molecule has 1 N–H and O–H groups in total. The number of rotatable bonds is 5. The van der Waals surface area contributed by atoms with Gasteiger partial charge in [-0.05, 0) is 46.4 Å². The molecule has 0 bridgehead atoms. The Bertz CT molecular complexity index is 718. The first kappa shape index (κ1) is 14.5. The lowest BCUT2D eigenvalue weighted by molar-refractivity contribution is 0.672. The van der Waals surface area contributed by atoms with Gasteiger partial charge < -0.3 is 5.32 Å². The van der Waals surface area contributed by atoms with Crippen molar-refractivity contribution in [3.8, 4) is 5.69 Å². The summed E-state index contributed by atoms with van der Waals surface area (Å²) in [4.78, 5) is 5.76. The summed E-state index contributed by atoms with van der Waals surface area (Å²) < 4.78 is 3.36. The van der Waals surface area contributed by atoms with Crippen LogP contribution in [0.15, 0.2) is 52.4 Å². The molecule has 0 radical (unpaired) electrons. The first-order valence-electron chi connectivity index (χ1n) is 6.77. The van der Waals surface area contributed by atoms with E-state index in [9.17, 15) is 0 Å². The zero-order valence-electron chi connectivity index (χ0n) is 11.7. The van der Waals surface area contributed by atoms with Gasteiger partial charge in [0.1, 0.15) is 5.82 Å². The summed E-state index contributed by atoms with van der Waals surface area (Å²) in [6.07, 6.45) is 1.94. The van der Waals surface area contributed by atoms with E-state index in [0.717, 1.165) is 24.6 Å². The van der Waals surface area contributed by atoms with Crippen molar-refractivity contribution >= 4 is 27.3 Å². The fourth-order valence-electron chi connectivity index (χ4n) is 2.30. The van der Waals surface area contributed by atoms with Crippen LogP contribution in [0.1, 0.15) is 16.4 Å². The number of hydrogen-bond acceptors (Lipinski definition) is 3. The van der Waals surface area contributed by atoms with Crippen LogP contribution in [-0.4, -0.2) is 9.55 Å². The second-order valence-electron chi connectivity index (χ2n) is 4.76. The van der Waals surface area contributed by atoms with Crippen molar-refractivity contribution < 1.29 is 0 Å². The first-order chi connectivity index (χ1) is 10.3. The van der Waals surface area contributed by atoms with Gasteiger partial charge in [-0.1, -0.05) is 18.2 Å². The normalized spacial score (nSPS) is 11.0. The molecule has 3 nitrogen and oxygen atoms in total. The van der Waals surface area contributed by atoms with Crippen molar-refractivity contribution in [2.45, 2.75) is 20.0 Å². The molecular formula is C16H16BrN3S. The van der Waals surface area contributed by atoms with Gasteiger partial charge in [-0.2, -0.15) is 0 Å². The standard InChI is InChI=1S/C16H16BrN3S/c1-12-19-10-14(20(12)13-5-3-2-4-6-13)9-18-11-16-15(17)7-8-21-16/h2-8,10,18H,9,11H2,1H3. The maximum atomic E-state index is 4.44. The molecule has 3 rings (SSSR count). The molecular weight excluding hydrogens is 346 g/mol. The summed E-state index contributed by atoms with van der Waals surface area (Å²) in [6.45, 7) is 3.68. The highest BCUT2D eigenvalue weighted by Gasteiger charge is 2.08. The zero-order chi connectivity index (χ0) is 14.7. The number of benzene rings is 1. The molecule has 21 heavy (non-hydrogen) atoms. The monoisotopic (exact) mass is 361 g/mol. The lowest BCUT2D eigenvalue weighted by atomic mass is 10.3. The molecule has 2 heterocycles. The number of para-hydroxylation sites is 1. The topological polar surface area (TPSA) is 29.9 Å². The molecule has 1 aromatic carbocycles. The molecule has 0 aliphatic heterocycles. The third-order valence-corrected chi connectivity index (χ3v) is 5.23. The summed E-state index contributed by atoms with van der Waals surface area (Å²) in [5, 5.41) is 5.58. The van der Waals surface area contributed by atoms with Crippen molar-refractivity contribution in [1.82, 2.24) is 14.9 Å². The Kier molecular flexibility index (Phi) is 4.53. The average molecular weight is 362 g/mol. The molecule has 0 amide bonds. The zero-order valence-corrected chi connectivity index (χ0v) is 14.1. The average Bonchev–Trinajstić information content (AvgIpc) is 3.07. The Hall–Kier alpha value is -1.43. The lowest BCUT2D eigenvalue weighted by Crippen LogP contribution is -2.15. The minimum Gasteiger partial charge on any atom is -0.306 e. The Morgan fingerprint density at radius 1 is 1.19 bits per heavy atom. The molecule has 0 spiro atoms. The molecule has 0 atom stereocenters. The van der Waals surface area contributed by atoms with E-state index in [1.54, 1.807) is 11.3 Å². The van der Waals surface area contributed by atoms with Gasteiger partial charge >= 0.3 is 0 Å². The highest BCUT2D eigenvalue weighted by molar-refractivity contribution is 9.10. The van der Waals surface area contributed by atoms with Crippen molar-refractivity contribution in [1.29, 1.82) is 0 Å². The van der Waals surface area contributed by atoms with Gasteiger partial charge in [0.05, 0.1) is 11.9 Å². The van der Waals surface area contributed by atoms with E-state index in [-0.39, 0.29) is 0 Å². The van der Waals surface area contributed by atoms with Crippen LogP contribution in [-0.2, 0) is 13.1 Å². The second-order valence-corrected chi connectivity index (χ2v) is 6.62. The maximum Gasteiger partial charge on any atom is 0.110 e. The van der Waals surface area contributed by atoms with Crippen molar-refractivity contribution in [2.24, 2.45) is 0 Å². The molecule has 108 valence electrons. The van der Waals surface area contributed by atoms with Gasteiger partial charge in [0.15, 0.2) is 0 Å².